The average molecular weight is 391 g/mol. The molecule has 0 saturated carbocycles. The zero-order valence-corrected chi connectivity index (χ0v) is 17.0. The normalized spacial score (nSPS) is 25.2. The summed E-state index contributed by atoms with van der Waals surface area (Å²) in [5.74, 6) is 1.52. The van der Waals surface area contributed by atoms with E-state index >= 15 is 0 Å². The summed E-state index contributed by atoms with van der Waals surface area (Å²) in [7, 11) is 4.24. The molecule has 2 bridgehead atoms. The first-order valence-electron chi connectivity index (χ1n) is 9.75. The first-order chi connectivity index (χ1) is 13.8. The Hall–Kier alpha value is -2.99. The van der Waals surface area contributed by atoms with Gasteiger partial charge in [0.1, 0.15) is 5.75 Å². The Kier molecular flexibility index (Phi) is 4.74. The van der Waals surface area contributed by atoms with Gasteiger partial charge in [-0.05, 0) is 57.5 Å². The highest BCUT2D eigenvalue weighted by molar-refractivity contribution is 5.44. The fraction of sp³-hybridized carbons (Fsp3) is 0.348. The number of nitrogens with zero attached hydrogens (tertiary/aromatic N) is 3. The fourth-order valence-corrected chi connectivity index (χ4v) is 5.05. The van der Waals surface area contributed by atoms with E-state index in [1.165, 1.54) is 23.3 Å². The van der Waals surface area contributed by atoms with Crippen LogP contribution in [0.2, 0.25) is 0 Å². The maximum Gasteiger partial charge on any atom is 0.273 e. The molecule has 2 aliphatic rings. The highest BCUT2D eigenvalue weighted by Crippen LogP contribution is 2.53. The zero-order chi connectivity index (χ0) is 20.8. The molecule has 1 heterocycles. The molecule has 2 aliphatic carbocycles. The third-order valence-corrected chi connectivity index (χ3v) is 6.21. The van der Waals surface area contributed by atoms with Gasteiger partial charge in [0.15, 0.2) is 0 Å². The third-order valence-electron chi connectivity index (χ3n) is 6.21. The van der Waals surface area contributed by atoms with Gasteiger partial charge in [0.25, 0.3) is 5.69 Å². The van der Waals surface area contributed by atoms with Crippen molar-refractivity contribution in [2.75, 3.05) is 14.1 Å². The standard InChI is InChI=1S/C23H25N3O3/c1-5-19-16-11-15(2)14-23(19,25(3)4)20-9-10-22(24-21(20)12-16)29-18-8-6-7-17(13-18)26(27)28/h5-11,13,16,19H,1,12,14H2,2-4H3/t16-,19+,23+/m0/s1. The minimum Gasteiger partial charge on any atom is -0.439 e. The summed E-state index contributed by atoms with van der Waals surface area (Å²) in [6.07, 6.45) is 6.20. The summed E-state index contributed by atoms with van der Waals surface area (Å²) in [4.78, 5) is 17.7. The van der Waals surface area contributed by atoms with E-state index in [1.54, 1.807) is 12.1 Å². The molecule has 0 N–H and O–H groups in total. The molecule has 0 saturated heterocycles. The van der Waals surface area contributed by atoms with Crippen molar-refractivity contribution < 1.29 is 9.66 Å². The van der Waals surface area contributed by atoms with Crippen LogP contribution in [-0.4, -0.2) is 28.9 Å². The smallest absolute Gasteiger partial charge is 0.273 e. The van der Waals surface area contributed by atoms with Gasteiger partial charge in [0, 0.05) is 18.1 Å². The lowest BCUT2D eigenvalue weighted by atomic mass is 9.59. The summed E-state index contributed by atoms with van der Waals surface area (Å²) >= 11 is 0. The molecule has 6 heteroatoms. The molecule has 150 valence electrons. The highest BCUT2D eigenvalue weighted by Gasteiger charge is 2.51. The predicted octanol–water partition coefficient (Wildman–Crippen LogP) is 4.86. The Balaban J connectivity index is 1.74. The van der Waals surface area contributed by atoms with Crippen LogP contribution >= 0.6 is 0 Å². The van der Waals surface area contributed by atoms with Crippen LogP contribution in [0.4, 0.5) is 5.69 Å². The van der Waals surface area contributed by atoms with Crippen LogP contribution < -0.4 is 4.74 Å². The van der Waals surface area contributed by atoms with Crippen LogP contribution in [-0.2, 0) is 12.0 Å². The molecule has 0 unspecified atom stereocenters. The Morgan fingerprint density at radius 2 is 2.14 bits per heavy atom. The minimum atomic E-state index is -0.431. The van der Waals surface area contributed by atoms with Crippen LogP contribution in [0.15, 0.2) is 60.7 Å². The Morgan fingerprint density at radius 1 is 1.34 bits per heavy atom. The average Bonchev–Trinajstić information content (AvgIpc) is 2.67. The largest absolute Gasteiger partial charge is 0.439 e. The zero-order valence-electron chi connectivity index (χ0n) is 17.0. The second kappa shape index (κ2) is 7.12. The number of nitro benzene ring substituents is 1. The second-order valence-electron chi connectivity index (χ2n) is 8.14. The quantitative estimate of drug-likeness (QED) is 0.413. The van der Waals surface area contributed by atoms with Crippen molar-refractivity contribution in [3.05, 3.63) is 82.1 Å². The SMILES string of the molecule is C=C[C@@H]1[C@H]2C=C(C)C[C@]1(N(C)C)c1ccc(Oc3cccc([N+](=O)[O-])c3)nc1C2. The van der Waals surface area contributed by atoms with Crippen LogP contribution in [0.1, 0.15) is 24.6 Å². The minimum absolute atomic E-state index is 0.00371. The van der Waals surface area contributed by atoms with Gasteiger partial charge in [-0.25, -0.2) is 4.98 Å². The van der Waals surface area contributed by atoms with Crippen molar-refractivity contribution in [2.45, 2.75) is 25.3 Å². The molecule has 6 nitrogen and oxygen atoms in total. The number of non-ortho nitro benzene ring substituents is 1. The van der Waals surface area contributed by atoms with E-state index in [2.05, 4.69) is 50.7 Å². The lowest BCUT2D eigenvalue weighted by Gasteiger charge is -2.54. The lowest BCUT2D eigenvalue weighted by molar-refractivity contribution is -0.384. The van der Waals surface area contributed by atoms with E-state index in [9.17, 15) is 10.1 Å². The van der Waals surface area contributed by atoms with Gasteiger partial charge in [-0.15, -0.1) is 6.58 Å². The maximum atomic E-state index is 11.0. The Bertz CT molecular complexity index is 1010. The van der Waals surface area contributed by atoms with Crippen LogP contribution in [0.5, 0.6) is 11.6 Å². The summed E-state index contributed by atoms with van der Waals surface area (Å²) < 4.78 is 5.86. The third kappa shape index (κ3) is 3.13. The monoisotopic (exact) mass is 391 g/mol. The van der Waals surface area contributed by atoms with Gasteiger partial charge in [0.05, 0.1) is 22.2 Å². The Labute approximate surface area is 170 Å². The van der Waals surface area contributed by atoms with Crippen LogP contribution in [0, 0.1) is 22.0 Å². The first-order valence-corrected chi connectivity index (χ1v) is 9.75. The van der Waals surface area contributed by atoms with Crippen molar-refractivity contribution in [1.82, 2.24) is 9.88 Å². The number of ether oxygens (including phenoxy) is 1. The molecule has 1 aromatic heterocycles. The van der Waals surface area contributed by atoms with E-state index in [0.717, 1.165) is 18.5 Å². The maximum absolute atomic E-state index is 11.0. The molecule has 3 atom stereocenters. The second-order valence-corrected chi connectivity index (χ2v) is 8.14. The van der Waals surface area contributed by atoms with Crippen molar-refractivity contribution in [3.63, 3.8) is 0 Å². The van der Waals surface area contributed by atoms with Crippen molar-refractivity contribution >= 4 is 5.69 Å². The summed E-state index contributed by atoms with van der Waals surface area (Å²) in [5, 5.41) is 11.0. The van der Waals surface area contributed by atoms with Crippen LogP contribution in [0.3, 0.4) is 0 Å². The van der Waals surface area contributed by atoms with Gasteiger partial charge in [-0.3, -0.25) is 15.0 Å². The molecule has 0 amide bonds. The Morgan fingerprint density at radius 3 is 2.83 bits per heavy atom. The highest BCUT2D eigenvalue weighted by atomic mass is 16.6. The molecule has 0 aliphatic heterocycles. The number of hydrogen-bond donors (Lipinski definition) is 0. The molecule has 4 rings (SSSR count). The van der Waals surface area contributed by atoms with Crippen LogP contribution in [0.25, 0.3) is 0 Å². The molecule has 1 aromatic carbocycles. The molecule has 29 heavy (non-hydrogen) atoms. The van der Waals surface area contributed by atoms with Gasteiger partial charge in [0.2, 0.25) is 5.88 Å². The van der Waals surface area contributed by atoms with Gasteiger partial charge in [-0.2, -0.15) is 0 Å². The van der Waals surface area contributed by atoms with E-state index in [1.807, 2.05) is 6.07 Å². The van der Waals surface area contributed by atoms with Crippen molar-refractivity contribution in [3.8, 4) is 11.6 Å². The number of benzene rings is 1. The van der Waals surface area contributed by atoms with E-state index in [4.69, 9.17) is 9.72 Å². The van der Waals surface area contributed by atoms with Crippen molar-refractivity contribution in [1.29, 1.82) is 0 Å². The number of allylic oxidation sites excluding steroid dienone is 1. The molecule has 0 radical (unpaired) electrons. The number of nitro groups is 1. The molecular weight excluding hydrogens is 366 g/mol. The molecule has 2 aromatic rings. The van der Waals surface area contributed by atoms with Gasteiger partial charge >= 0.3 is 0 Å². The number of pyridine rings is 1. The van der Waals surface area contributed by atoms with E-state index in [-0.39, 0.29) is 11.2 Å². The van der Waals surface area contributed by atoms with Gasteiger partial charge in [-0.1, -0.05) is 23.8 Å². The number of hydrogen-bond acceptors (Lipinski definition) is 5. The van der Waals surface area contributed by atoms with E-state index < -0.39 is 4.92 Å². The summed E-state index contributed by atoms with van der Waals surface area (Å²) in [5.41, 5.74) is 3.45. The topological polar surface area (TPSA) is 68.5 Å². The van der Waals surface area contributed by atoms with Gasteiger partial charge < -0.3 is 4.74 Å². The summed E-state index contributed by atoms with van der Waals surface area (Å²) in [6.45, 7) is 6.33. The van der Waals surface area contributed by atoms with Crippen molar-refractivity contribution in [2.24, 2.45) is 11.8 Å². The van der Waals surface area contributed by atoms with E-state index in [0.29, 0.717) is 23.5 Å². The molecular formula is C23H25N3O3. The predicted molar refractivity (Wildman–Crippen MR) is 112 cm³/mol. The number of fused-ring (bicyclic) bond motifs is 4. The number of rotatable bonds is 5. The molecule has 0 spiro atoms. The first kappa shape index (κ1) is 19.3. The summed E-state index contributed by atoms with van der Waals surface area (Å²) in [6, 6.07) is 10.1. The molecule has 0 fully saturated rings. The fourth-order valence-electron chi connectivity index (χ4n) is 5.05. The lowest BCUT2D eigenvalue weighted by Crippen LogP contribution is -2.54. The number of aromatic nitrogens is 1.